The van der Waals surface area contributed by atoms with Crippen LogP contribution in [0.15, 0.2) is 22.7 Å². The molecule has 0 saturated carbocycles. The van der Waals surface area contributed by atoms with Crippen LogP contribution in [0.1, 0.15) is 15.9 Å². The summed E-state index contributed by atoms with van der Waals surface area (Å²) in [7, 11) is -3.21. The molecule has 0 aromatic heterocycles. The van der Waals surface area contributed by atoms with Crippen molar-refractivity contribution in [3.63, 3.8) is 0 Å². The maximum absolute atomic E-state index is 11.8. The molecule has 1 rings (SSSR count). The van der Waals surface area contributed by atoms with Crippen molar-refractivity contribution in [1.82, 2.24) is 10.0 Å². The van der Waals surface area contributed by atoms with E-state index in [0.717, 1.165) is 16.3 Å². The molecular weight excluding hydrogens is 320 g/mol. The largest absolute Gasteiger partial charge is 0.351 e. The molecule has 0 heterocycles. The lowest BCUT2D eigenvalue weighted by Crippen LogP contribution is -2.34. The molecular formula is C11H15BrN2O3S. The Hall–Kier alpha value is -0.920. The number of rotatable bonds is 5. The molecule has 0 atom stereocenters. The van der Waals surface area contributed by atoms with Crippen molar-refractivity contribution in [3.05, 3.63) is 33.8 Å². The number of benzene rings is 1. The van der Waals surface area contributed by atoms with Crippen LogP contribution in [0.3, 0.4) is 0 Å². The average molecular weight is 335 g/mol. The third-order valence-electron chi connectivity index (χ3n) is 2.08. The smallest absolute Gasteiger partial charge is 0.251 e. The van der Waals surface area contributed by atoms with Crippen molar-refractivity contribution < 1.29 is 13.2 Å². The Labute approximate surface area is 115 Å². The first-order chi connectivity index (χ1) is 8.28. The highest BCUT2D eigenvalue weighted by Gasteiger charge is 2.07. The van der Waals surface area contributed by atoms with Crippen molar-refractivity contribution in [2.75, 3.05) is 19.3 Å². The van der Waals surface area contributed by atoms with E-state index in [2.05, 4.69) is 26.0 Å². The molecule has 18 heavy (non-hydrogen) atoms. The van der Waals surface area contributed by atoms with E-state index in [1.165, 1.54) is 0 Å². The number of nitrogens with one attached hydrogen (secondary N) is 2. The fourth-order valence-corrected chi connectivity index (χ4v) is 2.46. The normalized spacial score (nSPS) is 11.3. The predicted octanol–water partition coefficient (Wildman–Crippen LogP) is 1.04. The van der Waals surface area contributed by atoms with Gasteiger partial charge in [-0.05, 0) is 30.7 Å². The minimum atomic E-state index is -3.21. The van der Waals surface area contributed by atoms with Crippen molar-refractivity contribution in [3.8, 4) is 0 Å². The van der Waals surface area contributed by atoms with Crippen LogP contribution in [0.25, 0.3) is 0 Å². The molecule has 0 aliphatic heterocycles. The molecule has 0 unspecified atom stereocenters. The third-order valence-corrected chi connectivity index (χ3v) is 3.27. The van der Waals surface area contributed by atoms with E-state index < -0.39 is 10.0 Å². The van der Waals surface area contributed by atoms with Gasteiger partial charge in [-0.3, -0.25) is 4.79 Å². The van der Waals surface area contributed by atoms with E-state index in [-0.39, 0.29) is 19.0 Å². The average Bonchev–Trinajstić information content (AvgIpc) is 2.21. The van der Waals surface area contributed by atoms with Gasteiger partial charge in [0, 0.05) is 23.1 Å². The van der Waals surface area contributed by atoms with Crippen LogP contribution in [0.2, 0.25) is 0 Å². The summed E-state index contributed by atoms with van der Waals surface area (Å²) in [6, 6.07) is 5.39. The number of hydrogen-bond acceptors (Lipinski definition) is 3. The molecule has 5 nitrogen and oxygen atoms in total. The van der Waals surface area contributed by atoms with Gasteiger partial charge in [0.2, 0.25) is 10.0 Å². The fourth-order valence-electron chi connectivity index (χ4n) is 1.38. The van der Waals surface area contributed by atoms with Crippen molar-refractivity contribution in [1.29, 1.82) is 0 Å². The second-order valence-corrected chi connectivity index (χ2v) is 6.69. The van der Waals surface area contributed by atoms with E-state index in [1.54, 1.807) is 12.1 Å². The van der Waals surface area contributed by atoms with Gasteiger partial charge in [0.1, 0.15) is 0 Å². The SMILES string of the molecule is Cc1cc(Br)cc(C(=O)NCCNS(C)(=O)=O)c1. The first kappa shape index (κ1) is 15.1. The van der Waals surface area contributed by atoms with Gasteiger partial charge < -0.3 is 5.32 Å². The highest BCUT2D eigenvalue weighted by molar-refractivity contribution is 9.10. The van der Waals surface area contributed by atoms with Crippen LogP contribution in [-0.4, -0.2) is 33.7 Å². The van der Waals surface area contributed by atoms with Crippen LogP contribution in [0.4, 0.5) is 0 Å². The molecule has 1 amide bonds. The van der Waals surface area contributed by atoms with Gasteiger partial charge in [0.05, 0.1) is 6.26 Å². The molecule has 0 radical (unpaired) electrons. The molecule has 2 N–H and O–H groups in total. The first-order valence-electron chi connectivity index (χ1n) is 5.28. The van der Waals surface area contributed by atoms with E-state index in [1.807, 2.05) is 13.0 Å². The Bertz CT molecular complexity index is 523. The number of sulfonamides is 1. The monoisotopic (exact) mass is 334 g/mol. The molecule has 0 aliphatic rings. The Kier molecular flexibility index (Phi) is 5.30. The summed E-state index contributed by atoms with van der Waals surface area (Å²) < 4.78 is 24.7. The number of halogens is 1. The molecule has 100 valence electrons. The molecule has 0 bridgehead atoms. The maximum atomic E-state index is 11.8. The van der Waals surface area contributed by atoms with Gasteiger partial charge in [-0.15, -0.1) is 0 Å². The highest BCUT2D eigenvalue weighted by atomic mass is 79.9. The molecule has 0 saturated heterocycles. The number of carbonyl (C=O) groups excluding carboxylic acids is 1. The summed E-state index contributed by atoms with van der Waals surface area (Å²) in [6.45, 7) is 2.32. The van der Waals surface area contributed by atoms with Crippen LogP contribution in [0.5, 0.6) is 0 Å². The van der Waals surface area contributed by atoms with Crippen LogP contribution in [0, 0.1) is 6.92 Å². The maximum Gasteiger partial charge on any atom is 0.251 e. The lowest BCUT2D eigenvalue weighted by atomic mass is 10.1. The van der Waals surface area contributed by atoms with Crippen LogP contribution >= 0.6 is 15.9 Å². The Morgan fingerprint density at radius 1 is 1.28 bits per heavy atom. The number of hydrogen-bond donors (Lipinski definition) is 2. The quantitative estimate of drug-likeness (QED) is 0.790. The first-order valence-corrected chi connectivity index (χ1v) is 7.96. The summed E-state index contributed by atoms with van der Waals surface area (Å²) in [5.74, 6) is -0.227. The zero-order valence-corrected chi connectivity index (χ0v) is 12.6. The molecule has 7 heteroatoms. The minimum absolute atomic E-state index is 0.178. The van der Waals surface area contributed by atoms with Gasteiger partial charge in [0.15, 0.2) is 0 Å². The minimum Gasteiger partial charge on any atom is -0.351 e. The third kappa shape index (κ3) is 5.61. The van der Waals surface area contributed by atoms with E-state index >= 15 is 0 Å². The van der Waals surface area contributed by atoms with Gasteiger partial charge in [0.25, 0.3) is 5.91 Å². The summed E-state index contributed by atoms with van der Waals surface area (Å²) in [5, 5.41) is 2.64. The predicted molar refractivity (Wildman–Crippen MR) is 74.1 cm³/mol. The Morgan fingerprint density at radius 2 is 1.94 bits per heavy atom. The number of aryl methyl sites for hydroxylation is 1. The van der Waals surface area contributed by atoms with Gasteiger partial charge in [-0.25, -0.2) is 13.1 Å². The second-order valence-electron chi connectivity index (χ2n) is 3.94. The topological polar surface area (TPSA) is 75.3 Å². The van der Waals surface area contributed by atoms with Gasteiger partial charge in [-0.1, -0.05) is 15.9 Å². The number of amides is 1. The van der Waals surface area contributed by atoms with Gasteiger partial charge in [-0.2, -0.15) is 0 Å². The summed E-state index contributed by atoms with van der Waals surface area (Å²) in [4.78, 5) is 11.8. The molecule has 0 spiro atoms. The zero-order valence-electron chi connectivity index (χ0n) is 10.2. The lowest BCUT2D eigenvalue weighted by Gasteiger charge is -2.07. The lowest BCUT2D eigenvalue weighted by molar-refractivity contribution is 0.0954. The van der Waals surface area contributed by atoms with Crippen molar-refractivity contribution in [2.24, 2.45) is 0 Å². The standard InChI is InChI=1S/C11H15BrN2O3S/c1-8-5-9(7-10(12)6-8)11(15)13-3-4-14-18(2,16)17/h5-7,14H,3-4H2,1-2H3,(H,13,15). The highest BCUT2D eigenvalue weighted by Crippen LogP contribution is 2.15. The number of carbonyl (C=O) groups is 1. The van der Waals surface area contributed by atoms with E-state index in [4.69, 9.17) is 0 Å². The zero-order chi connectivity index (χ0) is 13.8. The Balaban J connectivity index is 2.51. The van der Waals surface area contributed by atoms with Crippen molar-refractivity contribution in [2.45, 2.75) is 6.92 Å². The summed E-state index contributed by atoms with van der Waals surface area (Å²) >= 11 is 3.32. The second kappa shape index (κ2) is 6.31. The van der Waals surface area contributed by atoms with E-state index in [0.29, 0.717) is 5.56 Å². The Morgan fingerprint density at radius 3 is 2.50 bits per heavy atom. The van der Waals surface area contributed by atoms with Crippen LogP contribution in [-0.2, 0) is 10.0 Å². The summed E-state index contributed by atoms with van der Waals surface area (Å²) in [5.41, 5.74) is 1.52. The fraction of sp³-hybridized carbons (Fsp3) is 0.364. The van der Waals surface area contributed by atoms with Gasteiger partial charge >= 0.3 is 0 Å². The molecule has 0 fully saturated rings. The molecule has 1 aromatic rings. The van der Waals surface area contributed by atoms with Crippen molar-refractivity contribution >= 4 is 31.9 Å². The summed E-state index contributed by atoms with van der Waals surface area (Å²) in [6.07, 6.45) is 1.08. The molecule has 0 aliphatic carbocycles. The van der Waals surface area contributed by atoms with Crippen LogP contribution < -0.4 is 10.0 Å². The van der Waals surface area contributed by atoms with E-state index in [9.17, 15) is 13.2 Å². The molecule has 1 aromatic carbocycles.